The standard InChI is InChI=1S/C15H23ClN2.CH3.Li/c1-5-18(6-2)15(7-8-17-4)13-9-12(3)10-14(16)11-13;;/h9-11,15,17H,1-2,5-8H2,3-4H3;1H3;/q-2;-1;+1/t15-;;/m0../s1. The maximum Gasteiger partial charge on any atom is 1.00 e. The number of rotatable bonds is 7. The molecule has 0 saturated heterocycles. The van der Waals surface area contributed by atoms with Crippen molar-refractivity contribution in [3.63, 3.8) is 0 Å². The third-order valence-corrected chi connectivity index (χ3v) is 3.35. The van der Waals surface area contributed by atoms with Crippen molar-refractivity contribution in [2.24, 2.45) is 0 Å². The van der Waals surface area contributed by atoms with Crippen LogP contribution in [0.25, 0.3) is 0 Å². The molecule has 2 nitrogen and oxygen atoms in total. The molecule has 1 aromatic carbocycles. The van der Waals surface area contributed by atoms with E-state index in [1.165, 1.54) is 11.1 Å². The second-order valence-electron chi connectivity index (χ2n) is 4.51. The molecule has 0 bridgehead atoms. The molecule has 0 fully saturated rings. The second kappa shape index (κ2) is 11.7. The van der Waals surface area contributed by atoms with Crippen molar-refractivity contribution in [1.29, 1.82) is 0 Å². The summed E-state index contributed by atoms with van der Waals surface area (Å²) in [7, 11) is 1.97. The number of hydrogen-bond acceptors (Lipinski definition) is 2. The summed E-state index contributed by atoms with van der Waals surface area (Å²) >= 11 is 6.15. The van der Waals surface area contributed by atoms with Gasteiger partial charge in [-0.15, -0.1) is 13.1 Å². The number of benzene rings is 1. The van der Waals surface area contributed by atoms with Crippen molar-refractivity contribution >= 4 is 11.6 Å². The molecular weight excluding hydrogens is 263 g/mol. The third kappa shape index (κ3) is 6.65. The molecule has 0 spiro atoms. The summed E-state index contributed by atoms with van der Waals surface area (Å²) < 4.78 is 0. The molecule has 0 aliphatic rings. The fraction of sp³-hybridized carbons (Fsp3) is 0.438. The van der Waals surface area contributed by atoms with Crippen LogP contribution in [0.5, 0.6) is 0 Å². The van der Waals surface area contributed by atoms with Crippen LogP contribution in [0.1, 0.15) is 23.6 Å². The number of nitrogens with one attached hydrogen (secondary N) is 1. The summed E-state index contributed by atoms with van der Waals surface area (Å²) in [5, 5.41) is 4.00. The van der Waals surface area contributed by atoms with Gasteiger partial charge in [0.1, 0.15) is 0 Å². The Balaban J connectivity index is 0. The van der Waals surface area contributed by atoms with Gasteiger partial charge >= 0.3 is 18.9 Å². The number of aryl methyl sites for hydroxylation is 1. The van der Waals surface area contributed by atoms with E-state index < -0.39 is 0 Å². The largest absolute Gasteiger partial charge is 1.00 e. The fourth-order valence-corrected chi connectivity index (χ4v) is 2.52. The van der Waals surface area contributed by atoms with Crippen LogP contribution in [0.2, 0.25) is 5.02 Å². The van der Waals surface area contributed by atoms with Gasteiger partial charge in [-0.3, -0.25) is 0 Å². The van der Waals surface area contributed by atoms with Crippen molar-refractivity contribution in [1.82, 2.24) is 10.2 Å². The molecule has 0 amide bonds. The molecule has 0 saturated carbocycles. The summed E-state index contributed by atoms with van der Waals surface area (Å²) in [6.45, 7) is 12.5. The van der Waals surface area contributed by atoms with Crippen LogP contribution in [0.15, 0.2) is 18.2 Å². The van der Waals surface area contributed by atoms with Gasteiger partial charge in [0.25, 0.3) is 0 Å². The molecule has 0 aliphatic carbocycles. The Kier molecular flexibility index (Phi) is 13.0. The molecular formula is C16H26ClLiN2-2. The Morgan fingerprint density at radius 2 is 1.85 bits per heavy atom. The second-order valence-corrected chi connectivity index (χ2v) is 4.94. The number of nitrogens with zero attached hydrogens (tertiary/aromatic N) is 1. The average Bonchev–Trinajstić information content (AvgIpc) is 2.33. The van der Waals surface area contributed by atoms with Gasteiger partial charge in [-0.2, -0.15) is 0 Å². The first-order valence-electron chi connectivity index (χ1n) is 6.36. The van der Waals surface area contributed by atoms with Crippen molar-refractivity contribution < 1.29 is 18.9 Å². The van der Waals surface area contributed by atoms with E-state index in [9.17, 15) is 0 Å². The minimum absolute atomic E-state index is 0. The van der Waals surface area contributed by atoms with E-state index in [1.807, 2.05) is 19.2 Å². The molecule has 1 rings (SSSR count). The molecule has 1 N–H and O–H groups in total. The smallest absolute Gasteiger partial charge is 0.358 e. The van der Waals surface area contributed by atoms with Gasteiger partial charge in [-0.1, -0.05) is 17.7 Å². The Morgan fingerprint density at radius 1 is 1.25 bits per heavy atom. The van der Waals surface area contributed by atoms with Gasteiger partial charge in [0, 0.05) is 11.1 Å². The van der Waals surface area contributed by atoms with Crippen molar-refractivity contribution in [2.45, 2.75) is 19.4 Å². The van der Waals surface area contributed by atoms with E-state index in [-0.39, 0.29) is 26.3 Å². The summed E-state index contributed by atoms with van der Waals surface area (Å²) in [5.74, 6) is 0. The van der Waals surface area contributed by atoms with Crippen LogP contribution in [-0.2, 0) is 0 Å². The van der Waals surface area contributed by atoms with Crippen LogP contribution in [0, 0.1) is 28.2 Å². The van der Waals surface area contributed by atoms with Gasteiger partial charge in [0.15, 0.2) is 0 Å². The van der Waals surface area contributed by atoms with Crippen LogP contribution in [-0.4, -0.2) is 31.6 Å². The van der Waals surface area contributed by atoms with Crippen molar-refractivity contribution in [3.8, 4) is 0 Å². The molecule has 0 unspecified atom stereocenters. The first-order chi connectivity index (χ1) is 8.62. The van der Waals surface area contributed by atoms with E-state index >= 15 is 0 Å². The van der Waals surface area contributed by atoms with E-state index in [4.69, 9.17) is 11.6 Å². The molecule has 1 aromatic rings. The maximum atomic E-state index is 6.15. The Bertz CT molecular complexity index is 347. The fourth-order valence-electron chi connectivity index (χ4n) is 2.22. The summed E-state index contributed by atoms with van der Waals surface area (Å²) in [6.07, 6.45) is 1.03. The molecule has 1 atom stereocenters. The summed E-state index contributed by atoms with van der Waals surface area (Å²) in [6, 6.07) is 6.56. The quantitative estimate of drug-likeness (QED) is 0.588. The Morgan fingerprint density at radius 3 is 2.30 bits per heavy atom. The molecule has 4 heteroatoms. The topological polar surface area (TPSA) is 15.3 Å². The minimum Gasteiger partial charge on any atom is -0.358 e. The molecule has 20 heavy (non-hydrogen) atoms. The number of hydrogen-bond donors (Lipinski definition) is 1. The molecule has 0 radical (unpaired) electrons. The molecule has 0 heterocycles. The third-order valence-electron chi connectivity index (χ3n) is 3.13. The normalized spacial score (nSPS) is 11.7. The Labute approximate surface area is 142 Å². The van der Waals surface area contributed by atoms with E-state index in [2.05, 4.69) is 37.1 Å². The zero-order chi connectivity index (χ0) is 13.5. The molecule has 0 aromatic heterocycles. The van der Waals surface area contributed by atoms with Crippen molar-refractivity contribution in [3.05, 3.63) is 55.6 Å². The van der Waals surface area contributed by atoms with E-state index in [0.29, 0.717) is 6.04 Å². The first-order valence-corrected chi connectivity index (χ1v) is 6.74. The van der Waals surface area contributed by atoms with Gasteiger partial charge in [-0.05, 0) is 50.2 Å². The SMILES string of the molecule is [CH2-]CN(C[CH2-])[C@@H](CCNC)c1cc(C)cc(Cl)c1.[CH3-].[Li+]. The first kappa shape index (κ1) is 22.3. The maximum absolute atomic E-state index is 6.15. The average molecular weight is 289 g/mol. The van der Waals surface area contributed by atoms with E-state index in [0.717, 1.165) is 31.1 Å². The van der Waals surface area contributed by atoms with Crippen molar-refractivity contribution in [2.75, 3.05) is 26.7 Å². The van der Waals surface area contributed by atoms with Crippen LogP contribution in [0.4, 0.5) is 0 Å². The van der Waals surface area contributed by atoms with Gasteiger partial charge < -0.3 is 31.5 Å². The molecule has 0 aliphatic heterocycles. The predicted octanol–water partition coefficient (Wildman–Crippen LogP) is 0.723. The van der Waals surface area contributed by atoms with Gasteiger partial charge in [0.05, 0.1) is 0 Å². The monoisotopic (exact) mass is 288 g/mol. The van der Waals surface area contributed by atoms with Gasteiger partial charge in [0.2, 0.25) is 0 Å². The summed E-state index contributed by atoms with van der Waals surface area (Å²) in [4.78, 5) is 2.27. The summed E-state index contributed by atoms with van der Waals surface area (Å²) in [5.41, 5.74) is 2.45. The van der Waals surface area contributed by atoms with Crippen LogP contribution >= 0.6 is 11.6 Å². The Hall–Kier alpha value is 0.0274. The van der Waals surface area contributed by atoms with Gasteiger partial charge in [-0.25, -0.2) is 0 Å². The minimum atomic E-state index is 0. The zero-order valence-electron chi connectivity index (χ0n) is 13.4. The number of halogens is 1. The zero-order valence-corrected chi connectivity index (χ0v) is 14.1. The van der Waals surface area contributed by atoms with Crippen LogP contribution in [0.3, 0.4) is 0 Å². The predicted molar refractivity (Wildman–Crippen MR) is 86.2 cm³/mol. The van der Waals surface area contributed by atoms with E-state index in [1.54, 1.807) is 0 Å². The van der Waals surface area contributed by atoms with Crippen LogP contribution < -0.4 is 24.2 Å². The molecule has 110 valence electrons.